The van der Waals surface area contributed by atoms with Crippen LogP contribution in [0.4, 0.5) is 5.69 Å². The van der Waals surface area contributed by atoms with Crippen molar-refractivity contribution in [1.29, 1.82) is 0 Å². The first-order chi connectivity index (χ1) is 13.0. The highest BCUT2D eigenvalue weighted by atomic mass is 16.9. The van der Waals surface area contributed by atoms with E-state index in [1.807, 2.05) is 0 Å². The van der Waals surface area contributed by atoms with Gasteiger partial charge in [0.2, 0.25) is 0 Å². The molecule has 1 aromatic carbocycles. The molecule has 3 saturated heterocycles. The molecule has 1 amide bonds. The number of ketones is 1. The minimum atomic E-state index is -0.952. The molecule has 28 heavy (non-hydrogen) atoms. The fourth-order valence-electron chi connectivity index (χ4n) is 3.85. The number of nitrogens with one attached hydrogen (secondary N) is 1. The van der Waals surface area contributed by atoms with Crippen molar-refractivity contribution in [2.24, 2.45) is 0 Å². The average Bonchev–Trinajstić information content (AvgIpc) is 3.08. The van der Waals surface area contributed by atoms with E-state index in [1.54, 1.807) is 52.0 Å². The Morgan fingerprint density at radius 1 is 0.929 bits per heavy atom. The molecule has 3 heterocycles. The fourth-order valence-corrected chi connectivity index (χ4v) is 3.85. The monoisotopic (exact) mass is 391 g/mol. The summed E-state index contributed by atoms with van der Waals surface area (Å²) in [6.45, 7) is 8.61. The highest BCUT2D eigenvalue weighted by Crippen LogP contribution is 2.44. The van der Waals surface area contributed by atoms with Crippen molar-refractivity contribution in [2.45, 2.75) is 76.9 Å². The first-order valence-corrected chi connectivity index (χ1v) is 9.33. The third-order valence-corrected chi connectivity index (χ3v) is 4.95. The Bertz CT molecular complexity index is 805. The highest BCUT2D eigenvalue weighted by molar-refractivity contribution is 5.98. The van der Waals surface area contributed by atoms with Crippen LogP contribution in [0.2, 0.25) is 0 Å². The minimum Gasteiger partial charge on any atom is -0.342 e. The van der Waals surface area contributed by atoms with Crippen molar-refractivity contribution in [2.75, 3.05) is 5.32 Å². The van der Waals surface area contributed by atoms with E-state index >= 15 is 0 Å². The normalized spacial score (nSPS) is 35.1. The van der Waals surface area contributed by atoms with Crippen LogP contribution >= 0.6 is 0 Å². The lowest BCUT2D eigenvalue weighted by atomic mass is 9.98. The molecule has 0 aliphatic carbocycles. The Morgan fingerprint density at radius 3 is 2.29 bits per heavy atom. The minimum absolute atomic E-state index is 0.0825. The first kappa shape index (κ1) is 19.5. The van der Waals surface area contributed by atoms with Gasteiger partial charge in [-0.25, -0.2) is 0 Å². The summed E-state index contributed by atoms with van der Waals surface area (Å²) in [6, 6.07) is 6.73. The SMILES string of the molecule is CC(=O)c1cccc(NC(=O)[C@@H]2O[C@H]3OC(C)(C)O[C@@H]3[C@H]3OC(C)(C)O[C@@H]32)c1. The topological polar surface area (TPSA) is 92.3 Å². The number of fused-ring (bicyclic) bond motifs is 3. The number of amides is 1. The van der Waals surface area contributed by atoms with Gasteiger partial charge in [-0.15, -0.1) is 0 Å². The summed E-state index contributed by atoms with van der Waals surface area (Å²) in [5, 5.41) is 2.80. The number of rotatable bonds is 3. The summed E-state index contributed by atoms with van der Waals surface area (Å²) in [6.07, 6.45) is -3.34. The lowest BCUT2D eigenvalue weighted by Gasteiger charge is -2.36. The maximum Gasteiger partial charge on any atom is 0.256 e. The summed E-state index contributed by atoms with van der Waals surface area (Å²) in [7, 11) is 0. The Balaban J connectivity index is 1.57. The summed E-state index contributed by atoms with van der Waals surface area (Å²) in [5.41, 5.74) is 1.01. The highest BCUT2D eigenvalue weighted by Gasteiger charge is 2.62. The van der Waals surface area contributed by atoms with Gasteiger partial charge in [0, 0.05) is 11.3 Å². The molecular formula is C20H25NO7. The van der Waals surface area contributed by atoms with Crippen LogP contribution in [0.5, 0.6) is 0 Å². The van der Waals surface area contributed by atoms with Crippen molar-refractivity contribution in [3.63, 3.8) is 0 Å². The molecule has 152 valence electrons. The summed E-state index contributed by atoms with van der Waals surface area (Å²) in [5.74, 6) is -2.21. The molecule has 8 heteroatoms. The van der Waals surface area contributed by atoms with Gasteiger partial charge in [0.1, 0.15) is 18.3 Å². The van der Waals surface area contributed by atoms with Crippen LogP contribution < -0.4 is 5.32 Å². The zero-order valence-electron chi connectivity index (χ0n) is 16.6. The van der Waals surface area contributed by atoms with E-state index in [1.165, 1.54) is 6.92 Å². The second-order valence-electron chi connectivity index (χ2n) is 8.22. The van der Waals surface area contributed by atoms with Gasteiger partial charge in [0.15, 0.2) is 29.8 Å². The number of ether oxygens (including phenoxy) is 5. The van der Waals surface area contributed by atoms with Crippen molar-refractivity contribution < 1.29 is 33.3 Å². The summed E-state index contributed by atoms with van der Waals surface area (Å²) < 4.78 is 29.6. The fraction of sp³-hybridized carbons (Fsp3) is 0.600. The molecular weight excluding hydrogens is 366 g/mol. The maximum atomic E-state index is 13.0. The van der Waals surface area contributed by atoms with Gasteiger partial charge in [-0.05, 0) is 46.8 Å². The van der Waals surface area contributed by atoms with Gasteiger partial charge in [0.25, 0.3) is 5.91 Å². The van der Waals surface area contributed by atoms with E-state index in [9.17, 15) is 9.59 Å². The zero-order chi connectivity index (χ0) is 20.3. The summed E-state index contributed by atoms with van der Waals surface area (Å²) in [4.78, 5) is 24.6. The number of carbonyl (C=O) groups is 2. The third kappa shape index (κ3) is 3.58. The van der Waals surface area contributed by atoms with Gasteiger partial charge in [-0.1, -0.05) is 12.1 Å². The largest absolute Gasteiger partial charge is 0.342 e. The third-order valence-electron chi connectivity index (χ3n) is 4.95. The van der Waals surface area contributed by atoms with E-state index < -0.39 is 48.2 Å². The lowest BCUT2D eigenvalue weighted by molar-refractivity contribution is -0.229. The lowest BCUT2D eigenvalue weighted by Crippen LogP contribution is -2.58. The van der Waals surface area contributed by atoms with Gasteiger partial charge in [-0.2, -0.15) is 0 Å². The molecule has 0 radical (unpaired) electrons. The predicted octanol–water partition coefficient (Wildman–Crippen LogP) is 2.22. The molecule has 8 nitrogen and oxygen atoms in total. The molecule has 0 saturated carbocycles. The number of anilines is 1. The molecule has 1 aromatic rings. The number of Topliss-reactive ketones (excluding diaryl/α,β-unsaturated/α-hetero) is 1. The van der Waals surface area contributed by atoms with Crippen LogP contribution in [-0.4, -0.2) is 54.0 Å². The van der Waals surface area contributed by atoms with E-state index in [4.69, 9.17) is 23.7 Å². The van der Waals surface area contributed by atoms with Crippen molar-refractivity contribution >= 4 is 17.4 Å². The van der Waals surface area contributed by atoms with E-state index in [0.717, 1.165) is 0 Å². The van der Waals surface area contributed by atoms with E-state index in [2.05, 4.69) is 5.32 Å². The number of carbonyl (C=O) groups excluding carboxylic acids is 2. The molecule has 5 atom stereocenters. The standard InChI is InChI=1S/C20H25NO7/c1-10(22)11-7-6-8-12(9-11)21-17(23)15-13-14(26-19(2,3)25-13)16-18(24-15)28-20(4,5)27-16/h6-9,13-16,18H,1-5H3,(H,21,23)/t13-,14-,15+,16+,18-/m0/s1. The van der Waals surface area contributed by atoms with E-state index in [-0.39, 0.29) is 5.78 Å². The first-order valence-electron chi connectivity index (χ1n) is 9.33. The quantitative estimate of drug-likeness (QED) is 0.790. The zero-order valence-corrected chi connectivity index (χ0v) is 16.6. The second-order valence-corrected chi connectivity index (χ2v) is 8.22. The molecule has 1 N–H and O–H groups in total. The van der Waals surface area contributed by atoms with Gasteiger partial charge in [-0.3, -0.25) is 9.59 Å². The predicted molar refractivity (Wildman–Crippen MR) is 97.6 cm³/mol. The van der Waals surface area contributed by atoms with Crippen LogP contribution in [-0.2, 0) is 28.5 Å². The molecule has 3 aliphatic heterocycles. The van der Waals surface area contributed by atoms with Gasteiger partial charge >= 0.3 is 0 Å². The van der Waals surface area contributed by atoms with Crippen LogP contribution in [0.25, 0.3) is 0 Å². The molecule has 0 unspecified atom stereocenters. The second kappa shape index (κ2) is 6.60. The number of benzene rings is 1. The smallest absolute Gasteiger partial charge is 0.256 e. The van der Waals surface area contributed by atoms with Crippen LogP contribution in [0, 0.1) is 0 Å². The van der Waals surface area contributed by atoms with Crippen LogP contribution in [0.3, 0.4) is 0 Å². The molecule has 4 rings (SSSR count). The van der Waals surface area contributed by atoms with Crippen molar-refractivity contribution in [3.05, 3.63) is 29.8 Å². The summed E-state index contributed by atoms with van der Waals surface area (Å²) >= 11 is 0. The van der Waals surface area contributed by atoms with Crippen LogP contribution in [0.15, 0.2) is 24.3 Å². The Kier molecular flexibility index (Phi) is 4.59. The van der Waals surface area contributed by atoms with Gasteiger partial charge in [0.05, 0.1) is 0 Å². The van der Waals surface area contributed by atoms with Crippen molar-refractivity contribution in [3.8, 4) is 0 Å². The molecule has 0 spiro atoms. The number of hydrogen-bond donors (Lipinski definition) is 1. The van der Waals surface area contributed by atoms with Crippen LogP contribution in [0.1, 0.15) is 45.0 Å². The maximum absolute atomic E-state index is 13.0. The van der Waals surface area contributed by atoms with E-state index in [0.29, 0.717) is 11.3 Å². The van der Waals surface area contributed by atoms with Gasteiger partial charge < -0.3 is 29.0 Å². The molecule has 3 fully saturated rings. The Morgan fingerprint density at radius 2 is 1.57 bits per heavy atom. The number of hydrogen-bond acceptors (Lipinski definition) is 7. The molecule has 0 aromatic heterocycles. The molecule has 3 aliphatic rings. The Labute approximate surface area is 163 Å². The van der Waals surface area contributed by atoms with Crippen molar-refractivity contribution in [1.82, 2.24) is 0 Å². The Hall–Kier alpha value is -1.84. The average molecular weight is 391 g/mol. The molecule has 0 bridgehead atoms.